The Balaban J connectivity index is 1.42. The van der Waals surface area contributed by atoms with E-state index in [9.17, 15) is 24.2 Å². The van der Waals surface area contributed by atoms with Crippen LogP contribution in [0.5, 0.6) is 5.75 Å². The van der Waals surface area contributed by atoms with Crippen molar-refractivity contribution in [3.63, 3.8) is 0 Å². The molecule has 2 saturated carbocycles. The minimum absolute atomic E-state index is 0.105. The second-order valence-corrected chi connectivity index (χ2v) is 15.2. The molecular weight excluding hydrogens is 683 g/mol. The van der Waals surface area contributed by atoms with Crippen LogP contribution in [0.2, 0.25) is 0 Å². The van der Waals surface area contributed by atoms with Crippen LogP contribution in [-0.2, 0) is 42.4 Å². The summed E-state index contributed by atoms with van der Waals surface area (Å²) < 4.78 is 52.4. The van der Waals surface area contributed by atoms with Crippen molar-refractivity contribution >= 4 is 37.0 Å². The van der Waals surface area contributed by atoms with Crippen LogP contribution in [0.1, 0.15) is 72.1 Å². The minimum Gasteiger partial charge on any atom is -0.461 e. The van der Waals surface area contributed by atoms with Crippen molar-refractivity contribution in [2.24, 2.45) is 11.8 Å². The first kappa shape index (κ1) is 36.2. The number of nitrogens with zero attached hydrogens (tertiary/aromatic N) is 4. The highest BCUT2D eigenvalue weighted by Crippen LogP contribution is 2.71. The van der Waals surface area contributed by atoms with Gasteiger partial charge in [0.15, 0.2) is 18.0 Å². The van der Waals surface area contributed by atoms with E-state index in [0.29, 0.717) is 24.1 Å². The van der Waals surface area contributed by atoms with Gasteiger partial charge in [0, 0.05) is 0 Å². The molecule has 0 amide bonds. The third kappa shape index (κ3) is 6.55. The fourth-order valence-electron chi connectivity index (χ4n) is 6.42. The molecule has 1 aromatic carbocycles. The van der Waals surface area contributed by atoms with Crippen molar-refractivity contribution in [2.45, 2.75) is 102 Å². The maximum atomic E-state index is 14.8. The highest BCUT2D eigenvalue weighted by molar-refractivity contribution is 7.52. The molecule has 272 valence electrons. The van der Waals surface area contributed by atoms with Gasteiger partial charge in [-0.05, 0) is 56.9 Å². The lowest BCUT2D eigenvalue weighted by molar-refractivity contribution is -0.181. The number of nitriles is 1. The zero-order chi connectivity index (χ0) is 36.7. The van der Waals surface area contributed by atoms with Gasteiger partial charge >= 0.3 is 25.7 Å². The van der Waals surface area contributed by atoms with Crippen LogP contribution in [0.3, 0.4) is 0 Å². The molecule has 1 aliphatic heterocycles. The first-order valence-electron chi connectivity index (χ1n) is 16.9. The molecule has 1 saturated heterocycles. The lowest BCUT2D eigenvalue weighted by atomic mass is 10.0. The smallest absolute Gasteiger partial charge is 0.460 e. The molecule has 3 fully saturated rings. The number of rotatable bonds is 13. The molecule has 51 heavy (non-hydrogen) atoms. The second-order valence-electron chi connectivity index (χ2n) is 13.5. The summed E-state index contributed by atoms with van der Waals surface area (Å²) >= 11 is 0. The van der Waals surface area contributed by atoms with Crippen LogP contribution in [0, 0.1) is 23.2 Å². The van der Waals surface area contributed by atoms with Crippen molar-refractivity contribution in [3.8, 4) is 11.8 Å². The third-order valence-electron chi connectivity index (χ3n) is 9.19. The number of aromatic nitrogens is 3. The summed E-state index contributed by atoms with van der Waals surface area (Å²) in [7, 11) is -4.67. The molecule has 2 aliphatic carbocycles. The first-order chi connectivity index (χ1) is 24.2. The summed E-state index contributed by atoms with van der Waals surface area (Å²) in [5.74, 6) is -3.27. The zero-order valence-electron chi connectivity index (χ0n) is 28.9. The molecule has 3 N–H and O–H groups in total. The van der Waals surface area contributed by atoms with Crippen LogP contribution in [0.4, 0.5) is 5.82 Å². The molecule has 2 unspecified atom stereocenters. The van der Waals surface area contributed by atoms with Gasteiger partial charge < -0.3 is 29.2 Å². The number of para-hydroxylation sites is 1. The number of nitrogens with one attached hydrogen (secondary N) is 1. The number of hydrogen-bond donors (Lipinski definition) is 2. The quantitative estimate of drug-likeness (QED) is 0.143. The van der Waals surface area contributed by atoms with E-state index in [4.69, 9.17) is 33.7 Å². The Kier molecular flexibility index (Phi) is 9.86. The number of nitrogen functional groups attached to an aromatic ring is 1. The van der Waals surface area contributed by atoms with Crippen LogP contribution in [0.15, 0.2) is 48.8 Å². The number of benzene rings is 1. The number of nitrogens with two attached hydrogens (primary N) is 1. The van der Waals surface area contributed by atoms with E-state index >= 15 is 0 Å². The Morgan fingerprint density at radius 1 is 1.02 bits per heavy atom. The van der Waals surface area contributed by atoms with E-state index in [-0.39, 0.29) is 17.7 Å². The number of fused-ring (bicyclic) bond motifs is 2. The molecule has 16 nitrogen and oxygen atoms in total. The second kappa shape index (κ2) is 13.9. The third-order valence-corrected chi connectivity index (χ3v) is 10.8. The molecule has 0 bridgehead atoms. The predicted octanol–water partition coefficient (Wildman–Crippen LogP) is 4.20. The average Bonchev–Trinajstić information content (AvgIpc) is 3.61. The monoisotopic (exact) mass is 724 g/mol. The summed E-state index contributed by atoms with van der Waals surface area (Å²) in [5.41, 5.74) is 2.43. The number of carbonyl (C=O) groups is 3. The number of anilines is 1. The Labute approximate surface area is 294 Å². The molecule has 0 radical (unpaired) electrons. The van der Waals surface area contributed by atoms with E-state index in [1.54, 1.807) is 58.0 Å². The highest BCUT2D eigenvalue weighted by Gasteiger charge is 2.95. The molecule has 7 atom stereocenters. The summed E-state index contributed by atoms with van der Waals surface area (Å²) in [4.78, 5) is 43.9. The van der Waals surface area contributed by atoms with E-state index < -0.39 is 73.0 Å². The highest BCUT2D eigenvalue weighted by atomic mass is 31.2. The first-order valence-corrected chi connectivity index (χ1v) is 18.4. The van der Waals surface area contributed by atoms with Crippen molar-refractivity contribution < 1.29 is 46.9 Å². The molecule has 3 aromatic rings. The summed E-state index contributed by atoms with van der Waals surface area (Å²) in [6.07, 6.45) is -0.192. The van der Waals surface area contributed by atoms with Gasteiger partial charge in [0.2, 0.25) is 11.2 Å². The lowest BCUT2D eigenvalue weighted by Gasteiger charge is -2.30. The Bertz CT molecular complexity index is 1890. The van der Waals surface area contributed by atoms with Crippen LogP contribution in [-0.4, -0.2) is 68.1 Å². The van der Waals surface area contributed by atoms with Gasteiger partial charge in [-0.3, -0.25) is 18.9 Å². The standard InChI is InChI=1S/C34H41N6O10P/c1-19(2)29(41)46-27-26(24-15-16-25-28(36)37-18-38-40(24)25)47-33(17-35)32(34(27,33)48-30(42)20(3)4)50-51(44,49-23-13-7-6-8-14-23)39-21(5)31(43)45-22-11-9-10-12-22/h6-8,13-16,18-22,26-27,32H,9-12H2,1-5H3,(H,39,44)(H2,36,37,38)/t21-,26-,27-,32?,33+,34+,51?/m0/s1. The molecule has 3 heterocycles. The van der Waals surface area contributed by atoms with Gasteiger partial charge in [0.05, 0.1) is 17.5 Å². The maximum Gasteiger partial charge on any atom is 0.460 e. The Morgan fingerprint density at radius 2 is 1.71 bits per heavy atom. The number of esters is 3. The van der Waals surface area contributed by atoms with Gasteiger partial charge in [0.25, 0.3) is 0 Å². The van der Waals surface area contributed by atoms with Crippen LogP contribution >= 0.6 is 7.75 Å². The van der Waals surface area contributed by atoms with E-state index in [0.717, 1.165) is 12.8 Å². The van der Waals surface area contributed by atoms with Crippen LogP contribution < -0.4 is 15.3 Å². The minimum atomic E-state index is -4.67. The van der Waals surface area contributed by atoms with E-state index in [2.05, 4.69) is 21.2 Å². The largest absolute Gasteiger partial charge is 0.461 e. The van der Waals surface area contributed by atoms with Crippen molar-refractivity contribution in [1.29, 1.82) is 5.26 Å². The predicted molar refractivity (Wildman–Crippen MR) is 178 cm³/mol. The number of ether oxygens (including phenoxy) is 4. The summed E-state index contributed by atoms with van der Waals surface area (Å²) in [6.45, 7) is 7.82. The maximum absolute atomic E-state index is 14.8. The van der Waals surface area contributed by atoms with Crippen molar-refractivity contribution in [1.82, 2.24) is 19.7 Å². The van der Waals surface area contributed by atoms with Crippen molar-refractivity contribution in [2.75, 3.05) is 5.73 Å². The van der Waals surface area contributed by atoms with E-state index in [1.165, 1.54) is 29.9 Å². The SMILES string of the molecule is CC(C)C(=O)O[C@H]1[C@H](c2ccc3c(N)ncnn23)O[C@]2(C#N)C(OP(=O)(N[C@@H](C)C(=O)OC3CCCC3)Oc3ccccc3)[C@]12OC(=O)C(C)C. The molecule has 2 aromatic heterocycles. The molecule has 0 spiro atoms. The van der Waals surface area contributed by atoms with E-state index in [1.807, 2.05) is 0 Å². The summed E-state index contributed by atoms with van der Waals surface area (Å²) in [5, 5.41) is 17.8. The average molecular weight is 725 g/mol. The Morgan fingerprint density at radius 3 is 2.35 bits per heavy atom. The van der Waals surface area contributed by atoms with Gasteiger partial charge in [-0.15, -0.1) is 0 Å². The molecule has 17 heteroatoms. The van der Waals surface area contributed by atoms with Gasteiger partial charge in [-0.1, -0.05) is 45.9 Å². The van der Waals surface area contributed by atoms with Crippen LogP contribution in [0.25, 0.3) is 5.52 Å². The van der Waals surface area contributed by atoms with Gasteiger partial charge in [-0.25, -0.2) is 14.1 Å². The number of carbonyl (C=O) groups excluding carboxylic acids is 3. The molecular formula is C34H41N6O10P. The summed E-state index contributed by atoms with van der Waals surface area (Å²) in [6, 6.07) is 12.1. The normalized spacial score (nSPS) is 27.4. The van der Waals surface area contributed by atoms with Crippen molar-refractivity contribution in [3.05, 3.63) is 54.5 Å². The lowest BCUT2D eigenvalue weighted by Crippen LogP contribution is -2.45. The molecule has 6 rings (SSSR count). The van der Waals surface area contributed by atoms with Gasteiger partial charge in [0.1, 0.15) is 41.9 Å². The zero-order valence-corrected chi connectivity index (χ0v) is 29.8. The van der Waals surface area contributed by atoms with Gasteiger partial charge in [-0.2, -0.15) is 15.4 Å². The Hall–Kier alpha value is -4.55. The fraction of sp³-hybridized carbons (Fsp3) is 0.529. The molecule has 3 aliphatic rings. The number of hydrogen-bond acceptors (Lipinski definition) is 14. The fourth-order valence-corrected chi connectivity index (χ4v) is 8.14. The topological polar surface area (TPSA) is 216 Å².